The standard InChI is InChI=1S/C26H30N6O5/c1-36-23(34)8-10-29-26(35)19-6-7-21-20(16-19)30-25(18-4-2-17(3-5-18)24(27)28)32(21)11-9-22(33)31-12-14-37-15-13-31/h2-7,16H,8-15H2,1H3,(H3,27,28)(H,29,35). The number of methoxy groups -OCH3 is 1. The molecule has 1 aliphatic heterocycles. The molecule has 37 heavy (non-hydrogen) atoms. The third-order valence-electron chi connectivity index (χ3n) is 6.22. The first-order valence-corrected chi connectivity index (χ1v) is 12.0. The first kappa shape index (κ1) is 25.8. The molecule has 0 unspecified atom stereocenters. The molecule has 11 heteroatoms. The van der Waals surface area contributed by atoms with Crippen LogP contribution in [-0.2, 0) is 25.6 Å². The number of carbonyl (C=O) groups excluding carboxylic acids is 3. The summed E-state index contributed by atoms with van der Waals surface area (Å²) in [7, 11) is 1.30. The number of nitrogens with two attached hydrogens (primary N) is 1. The molecule has 2 amide bonds. The fourth-order valence-electron chi connectivity index (χ4n) is 4.18. The number of imidazole rings is 1. The second kappa shape index (κ2) is 11.7. The van der Waals surface area contributed by atoms with Crippen molar-refractivity contribution in [2.24, 2.45) is 5.73 Å². The Morgan fingerprint density at radius 1 is 1.08 bits per heavy atom. The van der Waals surface area contributed by atoms with Gasteiger partial charge in [-0.2, -0.15) is 0 Å². The number of nitrogens with one attached hydrogen (secondary N) is 2. The molecule has 0 bridgehead atoms. The SMILES string of the molecule is COC(=O)CCNC(=O)c1ccc2c(c1)nc(-c1ccc(C(=N)N)cc1)n2CCC(=O)N1CCOCC1. The summed E-state index contributed by atoms with van der Waals surface area (Å²) in [6.45, 7) is 2.81. The van der Waals surface area contributed by atoms with E-state index < -0.39 is 5.97 Å². The smallest absolute Gasteiger partial charge is 0.307 e. The third-order valence-corrected chi connectivity index (χ3v) is 6.22. The second-order valence-electron chi connectivity index (χ2n) is 8.61. The maximum Gasteiger partial charge on any atom is 0.307 e. The highest BCUT2D eigenvalue weighted by atomic mass is 16.5. The van der Waals surface area contributed by atoms with Crippen LogP contribution in [0.4, 0.5) is 0 Å². The molecule has 0 atom stereocenters. The normalized spacial score (nSPS) is 13.4. The van der Waals surface area contributed by atoms with Crippen molar-refractivity contribution >= 4 is 34.7 Å². The van der Waals surface area contributed by atoms with E-state index in [0.717, 1.165) is 11.1 Å². The van der Waals surface area contributed by atoms with E-state index in [1.807, 2.05) is 22.8 Å². The summed E-state index contributed by atoms with van der Waals surface area (Å²) in [6.07, 6.45) is 0.371. The molecular formula is C26H30N6O5. The zero-order valence-corrected chi connectivity index (χ0v) is 20.7. The second-order valence-corrected chi connectivity index (χ2v) is 8.61. The molecule has 4 N–H and O–H groups in total. The van der Waals surface area contributed by atoms with Crippen LogP contribution in [0.25, 0.3) is 22.4 Å². The van der Waals surface area contributed by atoms with Crippen molar-refractivity contribution in [2.75, 3.05) is 40.0 Å². The van der Waals surface area contributed by atoms with Crippen LogP contribution >= 0.6 is 0 Å². The number of carbonyl (C=O) groups is 3. The molecule has 0 aliphatic carbocycles. The van der Waals surface area contributed by atoms with Crippen LogP contribution in [0.15, 0.2) is 42.5 Å². The van der Waals surface area contributed by atoms with Gasteiger partial charge in [0.1, 0.15) is 11.7 Å². The monoisotopic (exact) mass is 506 g/mol. The Balaban J connectivity index is 1.61. The summed E-state index contributed by atoms with van der Waals surface area (Å²) in [6, 6.07) is 12.4. The van der Waals surface area contributed by atoms with Crippen molar-refractivity contribution in [3.8, 4) is 11.4 Å². The summed E-state index contributed by atoms with van der Waals surface area (Å²) in [5.74, 6) is -0.0662. The number of nitrogens with zero attached hydrogens (tertiary/aromatic N) is 3. The lowest BCUT2D eigenvalue weighted by Crippen LogP contribution is -2.41. The number of morpholine rings is 1. The highest BCUT2D eigenvalue weighted by molar-refractivity contribution is 5.98. The quantitative estimate of drug-likeness (QED) is 0.226. The molecule has 1 saturated heterocycles. The van der Waals surface area contributed by atoms with Gasteiger partial charge in [-0.1, -0.05) is 24.3 Å². The minimum absolute atomic E-state index is 0.0287. The summed E-state index contributed by atoms with van der Waals surface area (Å²) in [5, 5.41) is 10.3. The Hall–Kier alpha value is -4.25. The summed E-state index contributed by atoms with van der Waals surface area (Å²) in [5.41, 5.74) is 8.78. The lowest BCUT2D eigenvalue weighted by Gasteiger charge is -2.27. The maximum absolute atomic E-state index is 12.8. The number of benzene rings is 2. The first-order valence-electron chi connectivity index (χ1n) is 12.0. The van der Waals surface area contributed by atoms with Gasteiger partial charge in [0.25, 0.3) is 5.91 Å². The fourth-order valence-corrected chi connectivity index (χ4v) is 4.18. The van der Waals surface area contributed by atoms with Gasteiger partial charge >= 0.3 is 5.97 Å². The van der Waals surface area contributed by atoms with Gasteiger partial charge in [-0.3, -0.25) is 19.8 Å². The van der Waals surface area contributed by atoms with Gasteiger partial charge in [-0.15, -0.1) is 0 Å². The number of hydrogen-bond acceptors (Lipinski definition) is 7. The van der Waals surface area contributed by atoms with Crippen LogP contribution in [0.5, 0.6) is 0 Å². The Bertz CT molecular complexity index is 1310. The van der Waals surface area contributed by atoms with Crippen LogP contribution in [0.2, 0.25) is 0 Å². The molecular weight excluding hydrogens is 476 g/mol. The van der Waals surface area contributed by atoms with Gasteiger partial charge in [0.15, 0.2) is 0 Å². The Morgan fingerprint density at radius 2 is 1.78 bits per heavy atom. The molecule has 0 spiro atoms. The summed E-state index contributed by atoms with van der Waals surface area (Å²) < 4.78 is 11.9. The Morgan fingerprint density at radius 3 is 2.46 bits per heavy atom. The fraction of sp³-hybridized carbons (Fsp3) is 0.346. The molecule has 1 aliphatic rings. The van der Waals surface area contributed by atoms with E-state index in [1.165, 1.54) is 7.11 Å². The lowest BCUT2D eigenvalue weighted by atomic mass is 10.1. The predicted molar refractivity (Wildman–Crippen MR) is 137 cm³/mol. The molecule has 1 fully saturated rings. The number of rotatable bonds is 9. The maximum atomic E-state index is 12.8. The number of fused-ring (bicyclic) bond motifs is 1. The van der Waals surface area contributed by atoms with Gasteiger partial charge in [0.2, 0.25) is 5.91 Å². The zero-order chi connectivity index (χ0) is 26.4. The van der Waals surface area contributed by atoms with E-state index in [2.05, 4.69) is 10.1 Å². The van der Waals surface area contributed by atoms with Gasteiger partial charge in [0.05, 0.1) is 37.8 Å². The molecule has 3 aromatic rings. The molecule has 0 saturated carbocycles. The Kier molecular flexibility index (Phi) is 8.14. The first-order chi connectivity index (χ1) is 17.9. The minimum Gasteiger partial charge on any atom is -0.469 e. The van der Waals surface area contributed by atoms with E-state index >= 15 is 0 Å². The number of aryl methyl sites for hydroxylation is 1. The number of ether oxygens (including phenoxy) is 2. The van der Waals surface area contributed by atoms with Crippen LogP contribution < -0.4 is 11.1 Å². The Labute approximate surface area is 214 Å². The highest BCUT2D eigenvalue weighted by Crippen LogP contribution is 2.27. The van der Waals surface area contributed by atoms with Gasteiger partial charge in [0, 0.05) is 49.3 Å². The van der Waals surface area contributed by atoms with E-state index in [0.29, 0.717) is 61.7 Å². The minimum atomic E-state index is -0.401. The molecule has 2 aromatic carbocycles. The van der Waals surface area contributed by atoms with E-state index in [1.54, 1.807) is 29.2 Å². The largest absolute Gasteiger partial charge is 0.469 e. The number of aromatic nitrogens is 2. The van der Waals surface area contributed by atoms with Crippen molar-refractivity contribution < 1.29 is 23.9 Å². The van der Waals surface area contributed by atoms with Crippen LogP contribution in [0, 0.1) is 5.41 Å². The van der Waals surface area contributed by atoms with Gasteiger partial charge in [-0.25, -0.2) is 4.98 Å². The van der Waals surface area contributed by atoms with Crippen molar-refractivity contribution in [1.29, 1.82) is 5.41 Å². The average Bonchev–Trinajstić information content (AvgIpc) is 3.29. The summed E-state index contributed by atoms with van der Waals surface area (Å²) >= 11 is 0. The van der Waals surface area contributed by atoms with Crippen LogP contribution in [-0.4, -0.2) is 78.0 Å². The number of esters is 1. The number of hydrogen-bond donors (Lipinski definition) is 3. The van der Waals surface area contributed by atoms with Crippen molar-refractivity contribution in [3.05, 3.63) is 53.6 Å². The molecule has 194 valence electrons. The number of amides is 2. The van der Waals surface area contributed by atoms with Crippen molar-refractivity contribution in [1.82, 2.24) is 19.8 Å². The van der Waals surface area contributed by atoms with Crippen molar-refractivity contribution in [3.63, 3.8) is 0 Å². The van der Waals surface area contributed by atoms with Gasteiger partial charge < -0.3 is 30.0 Å². The molecule has 2 heterocycles. The van der Waals surface area contributed by atoms with Crippen LogP contribution in [0.3, 0.4) is 0 Å². The summed E-state index contributed by atoms with van der Waals surface area (Å²) in [4.78, 5) is 43.4. The third kappa shape index (κ3) is 6.12. The molecule has 11 nitrogen and oxygen atoms in total. The van der Waals surface area contributed by atoms with E-state index in [-0.39, 0.29) is 30.6 Å². The van der Waals surface area contributed by atoms with Gasteiger partial charge in [-0.05, 0) is 18.2 Å². The van der Waals surface area contributed by atoms with E-state index in [4.69, 9.17) is 20.9 Å². The number of amidine groups is 1. The molecule has 4 rings (SSSR count). The predicted octanol–water partition coefficient (Wildman–Crippen LogP) is 1.53. The lowest BCUT2D eigenvalue weighted by molar-refractivity contribution is -0.140. The average molecular weight is 507 g/mol. The molecule has 0 radical (unpaired) electrons. The highest BCUT2D eigenvalue weighted by Gasteiger charge is 2.20. The molecule has 1 aromatic heterocycles. The van der Waals surface area contributed by atoms with Crippen molar-refractivity contribution in [2.45, 2.75) is 19.4 Å². The zero-order valence-electron chi connectivity index (χ0n) is 20.7. The number of nitrogen functional groups attached to an aromatic ring is 1. The van der Waals surface area contributed by atoms with E-state index in [9.17, 15) is 14.4 Å². The van der Waals surface area contributed by atoms with Crippen LogP contribution in [0.1, 0.15) is 28.8 Å². The topological polar surface area (TPSA) is 153 Å².